The second-order valence-electron chi connectivity index (χ2n) is 5.73. The van der Waals surface area contributed by atoms with Crippen LogP contribution in [-0.4, -0.2) is 67.6 Å². The first-order chi connectivity index (χ1) is 11.4. The number of likely N-dealkylation sites (N-methyl/N-ethyl adjacent to an activating group) is 2. The minimum Gasteiger partial charge on any atom is -0.493 e. The van der Waals surface area contributed by atoms with E-state index in [4.69, 9.17) is 9.47 Å². The molecule has 8 nitrogen and oxygen atoms in total. The molecule has 0 aliphatic carbocycles. The molecule has 0 unspecified atom stereocenters. The largest absolute Gasteiger partial charge is 0.493 e. The number of benzene rings is 1. The molecule has 1 aromatic carbocycles. The Kier molecular flexibility index (Phi) is 5.61. The smallest absolute Gasteiger partial charge is 0.286 e. The van der Waals surface area contributed by atoms with Gasteiger partial charge in [0, 0.05) is 32.2 Å². The Morgan fingerprint density at radius 1 is 1.38 bits per heavy atom. The number of hydrogen-bond acceptors (Lipinski definition) is 6. The van der Waals surface area contributed by atoms with Gasteiger partial charge in [-0.15, -0.1) is 0 Å². The molecular formula is C16H23N3O5. The van der Waals surface area contributed by atoms with Gasteiger partial charge in [0.15, 0.2) is 11.5 Å². The van der Waals surface area contributed by atoms with Crippen LogP contribution in [0, 0.1) is 10.1 Å². The van der Waals surface area contributed by atoms with Crippen LogP contribution in [0.15, 0.2) is 12.1 Å². The van der Waals surface area contributed by atoms with E-state index in [9.17, 15) is 14.9 Å². The van der Waals surface area contributed by atoms with E-state index in [2.05, 4.69) is 11.8 Å². The maximum atomic E-state index is 12.8. The Morgan fingerprint density at radius 2 is 2.00 bits per heavy atom. The maximum absolute atomic E-state index is 12.8. The number of amides is 1. The molecular weight excluding hydrogens is 314 g/mol. The lowest BCUT2D eigenvalue weighted by Crippen LogP contribution is -2.39. The SMILES string of the molecule is CCN1CC[C@H](N(C)C(=O)c2cc(OC)c(OC)cc2[N+](=O)[O-])C1. The van der Waals surface area contributed by atoms with Crippen molar-refractivity contribution in [2.24, 2.45) is 0 Å². The molecule has 1 saturated heterocycles. The Hall–Kier alpha value is -2.35. The molecule has 0 radical (unpaired) electrons. The summed E-state index contributed by atoms with van der Waals surface area (Å²) >= 11 is 0. The second-order valence-corrected chi connectivity index (χ2v) is 5.73. The van der Waals surface area contributed by atoms with Crippen LogP contribution in [0.2, 0.25) is 0 Å². The van der Waals surface area contributed by atoms with Crippen molar-refractivity contribution in [2.45, 2.75) is 19.4 Å². The summed E-state index contributed by atoms with van der Waals surface area (Å²) in [6, 6.07) is 2.65. The van der Waals surface area contributed by atoms with E-state index in [0.717, 1.165) is 26.1 Å². The van der Waals surface area contributed by atoms with E-state index in [0.29, 0.717) is 5.75 Å². The average Bonchev–Trinajstić information content (AvgIpc) is 3.08. The summed E-state index contributed by atoms with van der Waals surface area (Å²) in [6.45, 7) is 4.70. The van der Waals surface area contributed by atoms with E-state index >= 15 is 0 Å². The maximum Gasteiger partial charge on any atom is 0.286 e. The van der Waals surface area contributed by atoms with Gasteiger partial charge in [-0.05, 0) is 13.0 Å². The summed E-state index contributed by atoms with van der Waals surface area (Å²) in [4.78, 5) is 27.5. The van der Waals surface area contributed by atoms with Gasteiger partial charge in [-0.2, -0.15) is 0 Å². The minimum absolute atomic E-state index is 0.00935. The Balaban J connectivity index is 2.35. The van der Waals surface area contributed by atoms with Crippen LogP contribution in [0.4, 0.5) is 5.69 Å². The predicted molar refractivity (Wildman–Crippen MR) is 88.8 cm³/mol. The zero-order valence-corrected chi connectivity index (χ0v) is 14.4. The van der Waals surface area contributed by atoms with E-state index in [1.807, 2.05) is 0 Å². The normalized spacial score (nSPS) is 17.6. The fraction of sp³-hybridized carbons (Fsp3) is 0.562. The van der Waals surface area contributed by atoms with Crippen LogP contribution >= 0.6 is 0 Å². The summed E-state index contributed by atoms with van der Waals surface area (Å²) in [6.07, 6.45) is 0.858. The molecule has 8 heteroatoms. The van der Waals surface area contributed by atoms with E-state index < -0.39 is 4.92 Å². The fourth-order valence-electron chi connectivity index (χ4n) is 2.96. The van der Waals surface area contributed by atoms with Gasteiger partial charge in [0.2, 0.25) is 0 Å². The molecule has 0 bridgehead atoms. The Labute approximate surface area is 141 Å². The quantitative estimate of drug-likeness (QED) is 0.581. The van der Waals surface area contributed by atoms with Crippen LogP contribution in [-0.2, 0) is 0 Å². The number of nitro groups is 1. The number of ether oxygens (including phenoxy) is 2. The molecule has 1 amide bonds. The third-order valence-electron chi connectivity index (χ3n) is 4.49. The highest BCUT2D eigenvalue weighted by atomic mass is 16.6. The zero-order valence-electron chi connectivity index (χ0n) is 14.4. The van der Waals surface area contributed by atoms with Gasteiger partial charge in [-0.25, -0.2) is 0 Å². The van der Waals surface area contributed by atoms with Gasteiger partial charge in [0.05, 0.1) is 25.2 Å². The van der Waals surface area contributed by atoms with Gasteiger partial charge >= 0.3 is 0 Å². The molecule has 132 valence electrons. The first-order valence-electron chi connectivity index (χ1n) is 7.82. The highest BCUT2D eigenvalue weighted by molar-refractivity contribution is 5.99. The number of rotatable bonds is 6. The molecule has 0 N–H and O–H groups in total. The summed E-state index contributed by atoms with van der Waals surface area (Å²) in [5.41, 5.74) is -0.273. The molecule has 1 heterocycles. The number of carbonyl (C=O) groups is 1. The van der Waals surface area contributed by atoms with Crippen LogP contribution < -0.4 is 9.47 Å². The zero-order chi connectivity index (χ0) is 17.9. The third kappa shape index (κ3) is 3.43. The standard InChI is InChI=1S/C16H23N3O5/c1-5-18-7-6-11(10-18)17(2)16(20)12-8-14(23-3)15(24-4)9-13(12)19(21)22/h8-9,11H,5-7,10H2,1-4H3/t11-/m0/s1. The molecule has 1 atom stereocenters. The van der Waals surface area contributed by atoms with Crippen molar-refractivity contribution in [3.05, 3.63) is 27.8 Å². The van der Waals surface area contributed by atoms with Gasteiger partial charge in [-0.1, -0.05) is 6.92 Å². The van der Waals surface area contributed by atoms with Crippen molar-refractivity contribution in [2.75, 3.05) is 40.9 Å². The number of nitrogens with zero attached hydrogens (tertiary/aromatic N) is 3. The number of nitro benzene ring substituents is 1. The van der Waals surface area contributed by atoms with Crippen LogP contribution in [0.25, 0.3) is 0 Å². The first-order valence-corrected chi connectivity index (χ1v) is 7.82. The van der Waals surface area contributed by atoms with Gasteiger partial charge in [-0.3, -0.25) is 14.9 Å². The lowest BCUT2D eigenvalue weighted by atomic mass is 10.1. The molecule has 1 aliphatic heterocycles. The van der Waals surface area contributed by atoms with Gasteiger partial charge < -0.3 is 19.3 Å². The summed E-state index contributed by atoms with van der Waals surface area (Å²) in [5, 5.41) is 11.4. The van der Waals surface area contributed by atoms with Gasteiger partial charge in [0.25, 0.3) is 11.6 Å². The molecule has 0 saturated carbocycles. The monoisotopic (exact) mass is 337 g/mol. The van der Waals surface area contributed by atoms with E-state index in [1.165, 1.54) is 26.4 Å². The van der Waals surface area contributed by atoms with Crippen LogP contribution in [0.3, 0.4) is 0 Å². The Bertz CT molecular complexity index is 634. The lowest BCUT2D eigenvalue weighted by Gasteiger charge is -2.25. The number of likely N-dealkylation sites (tertiary alicyclic amines) is 1. The van der Waals surface area contributed by atoms with Gasteiger partial charge in [0.1, 0.15) is 5.56 Å². The summed E-state index contributed by atoms with van der Waals surface area (Å²) in [7, 11) is 4.51. The first kappa shape index (κ1) is 18.0. The summed E-state index contributed by atoms with van der Waals surface area (Å²) < 4.78 is 10.3. The molecule has 1 aliphatic rings. The average molecular weight is 337 g/mol. The van der Waals surface area contributed by atoms with Crippen molar-refractivity contribution >= 4 is 11.6 Å². The van der Waals surface area contributed by atoms with Crippen molar-refractivity contribution in [1.29, 1.82) is 0 Å². The fourth-order valence-corrected chi connectivity index (χ4v) is 2.96. The summed E-state index contributed by atoms with van der Waals surface area (Å²) in [5.74, 6) is 0.133. The number of hydrogen-bond donors (Lipinski definition) is 0. The minimum atomic E-state index is -0.573. The molecule has 24 heavy (non-hydrogen) atoms. The van der Waals surface area contributed by atoms with Crippen LogP contribution in [0.1, 0.15) is 23.7 Å². The molecule has 1 aromatic rings. The number of methoxy groups -OCH3 is 2. The topological polar surface area (TPSA) is 85.2 Å². The van der Waals surface area contributed by atoms with Crippen molar-refractivity contribution in [3.8, 4) is 11.5 Å². The van der Waals surface area contributed by atoms with E-state index in [-0.39, 0.29) is 28.9 Å². The van der Waals surface area contributed by atoms with Crippen molar-refractivity contribution < 1.29 is 19.2 Å². The van der Waals surface area contributed by atoms with E-state index in [1.54, 1.807) is 11.9 Å². The molecule has 0 aromatic heterocycles. The lowest BCUT2D eigenvalue weighted by molar-refractivity contribution is -0.385. The van der Waals surface area contributed by atoms with Crippen molar-refractivity contribution in [1.82, 2.24) is 9.80 Å². The van der Waals surface area contributed by atoms with Crippen LogP contribution in [0.5, 0.6) is 11.5 Å². The molecule has 0 spiro atoms. The highest BCUT2D eigenvalue weighted by Crippen LogP contribution is 2.35. The molecule has 1 fully saturated rings. The third-order valence-corrected chi connectivity index (χ3v) is 4.49. The number of carbonyl (C=O) groups excluding carboxylic acids is 1. The highest BCUT2D eigenvalue weighted by Gasteiger charge is 2.32. The van der Waals surface area contributed by atoms with Crippen molar-refractivity contribution in [3.63, 3.8) is 0 Å². The predicted octanol–water partition coefficient (Wildman–Crippen LogP) is 1.78. The molecule has 2 rings (SSSR count). The Morgan fingerprint density at radius 3 is 2.50 bits per heavy atom. The second kappa shape index (κ2) is 7.48.